The van der Waals surface area contributed by atoms with Crippen LogP contribution in [0.15, 0.2) is 84.9 Å². The van der Waals surface area contributed by atoms with Gasteiger partial charge in [0.15, 0.2) is 6.61 Å². The van der Waals surface area contributed by atoms with Crippen molar-refractivity contribution < 1.29 is 23.8 Å². The van der Waals surface area contributed by atoms with Gasteiger partial charge in [-0.05, 0) is 54.4 Å². The first-order chi connectivity index (χ1) is 18.0. The highest BCUT2D eigenvalue weighted by molar-refractivity contribution is 5.86. The Hall–Kier alpha value is -4.10. The van der Waals surface area contributed by atoms with Gasteiger partial charge in [-0.15, -0.1) is 0 Å². The summed E-state index contributed by atoms with van der Waals surface area (Å²) in [6, 6.07) is 26.8. The minimum absolute atomic E-state index is 0.131. The van der Waals surface area contributed by atoms with Crippen molar-refractivity contribution >= 4 is 28.1 Å². The molecule has 0 aliphatic carbocycles. The number of halogens is 1. The Balaban J connectivity index is 1.30. The maximum atomic E-state index is 14.4. The van der Waals surface area contributed by atoms with E-state index in [1.807, 2.05) is 35.2 Å². The molecule has 6 nitrogen and oxygen atoms in total. The smallest absolute Gasteiger partial charge is 0.341 e. The number of benzene rings is 4. The van der Waals surface area contributed by atoms with Crippen molar-refractivity contribution in [1.29, 1.82) is 0 Å². The molecule has 1 unspecified atom stereocenters. The second-order valence-corrected chi connectivity index (χ2v) is 9.18. The number of hydrogen-bond acceptors (Lipinski definition) is 5. The van der Waals surface area contributed by atoms with Gasteiger partial charge >= 0.3 is 5.97 Å². The maximum Gasteiger partial charge on any atom is 0.341 e. The van der Waals surface area contributed by atoms with Crippen molar-refractivity contribution in [3.63, 3.8) is 0 Å². The number of carbonyl (C=O) groups is 1. The standard InChI is InChI=1S/C30H29FN2O4/c1-20(26-10-6-8-21-7-2-3-9-27(21)26)32-14-13-24-18-33(28-11-4-5-12-29(28)37-24)23-15-22(31)16-25(17-23)36-19-30(34)35/h2-12,15-17,20,24,32H,13-14,18-19H2,1H3,(H,34,35)/t20-,24?/m1/s1. The van der Waals surface area contributed by atoms with Gasteiger partial charge in [-0.1, -0.05) is 54.6 Å². The Morgan fingerprint density at radius 3 is 2.76 bits per heavy atom. The van der Waals surface area contributed by atoms with Crippen LogP contribution in [0.3, 0.4) is 0 Å². The molecule has 0 saturated carbocycles. The molecule has 2 N–H and O–H groups in total. The molecule has 7 heteroatoms. The molecule has 0 radical (unpaired) electrons. The van der Waals surface area contributed by atoms with Crippen LogP contribution in [0.5, 0.6) is 11.5 Å². The predicted octanol–water partition coefficient (Wildman–Crippen LogP) is 6.08. The third-order valence-electron chi connectivity index (χ3n) is 6.57. The molecule has 0 bridgehead atoms. The number of fused-ring (bicyclic) bond motifs is 2. The van der Waals surface area contributed by atoms with Crippen molar-refractivity contribution in [2.75, 3.05) is 24.6 Å². The molecule has 0 aromatic heterocycles. The molecule has 4 aromatic carbocycles. The summed E-state index contributed by atoms with van der Waals surface area (Å²) < 4.78 is 26.0. The molecular weight excluding hydrogens is 471 g/mol. The summed E-state index contributed by atoms with van der Waals surface area (Å²) in [5.41, 5.74) is 2.66. The molecule has 2 atom stereocenters. The number of carboxylic acids is 1. The molecule has 4 aromatic rings. The summed E-state index contributed by atoms with van der Waals surface area (Å²) in [5, 5.41) is 15.0. The normalized spacial score (nSPS) is 15.6. The first-order valence-corrected chi connectivity index (χ1v) is 12.4. The fourth-order valence-corrected chi connectivity index (χ4v) is 4.82. The molecule has 0 fully saturated rings. The summed E-state index contributed by atoms with van der Waals surface area (Å²) in [6.07, 6.45) is 0.617. The third kappa shape index (κ3) is 5.67. The number of nitrogens with zero attached hydrogens (tertiary/aromatic N) is 1. The van der Waals surface area contributed by atoms with Crippen LogP contribution in [0.4, 0.5) is 15.8 Å². The van der Waals surface area contributed by atoms with E-state index in [1.165, 1.54) is 28.5 Å². The van der Waals surface area contributed by atoms with Crippen LogP contribution >= 0.6 is 0 Å². The van der Waals surface area contributed by atoms with E-state index in [1.54, 1.807) is 6.07 Å². The van der Waals surface area contributed by atoms with Crippen LogP contribution in [0.25, 0.3) is 10.8 Å². The van der Waals surface area contributed by atoms with Gasteiger partial charge in [0.1, 0.15) is 23.4 Å². The SMILES string of the molecule is C[C@@H](NCCC1CN(c2cc(F)cc(OCC(=O)O)c2)c2ccccc2O1)c1cccc2ccccc12. The topological polar surface area (TPSA) is 71.0 Å². The van der Waals surface area contributed by atoms with Crippen LogP contribution in [0.2, 0.25) is 0 Å². The summed E-state index contributed by atoms with van der Waals surface area (Å²) in [6.45, 7) is 2.88. The lowest BCUT2D eigenvalue weighted by atomic mass is 9.99. The second kappa shape index (κ2) is 10.9. The van der Waals surface area contributed by atoms with Crippen LogP contribution in [0, 0.1) is 5.82 Å². The van der Waals surface area contributed by atoms with E-state index in [0.29, 0.717) is 12.2 Å². The van der Waals surface area contributed by atoms with E-state index in [0.717, 1.165) is 24.4 Å². The van der Waals surface area contributed by atoms with Crippen LogP contribution in [-0.4, -0.2) is 36.9 Å². The minimum atomic E-state index is -1.12. The lowest BCUT2D eigenvalue weighted by Gasteiger charge is -2.36. The number of para-hydroxylation sites is 2. The monoisotopic (exact) mass is 500 g/mol. The van der Waals surface area contributed by atoms with E-state index >= 15 is 0 Å². The van der Waals surface area contributed by atoms with Gasteiger partial charge in [-0.3, -0.25) is 0 Å². The first kappa shape index (κ1) is 24.6. The first-order valence-electron chi connectivity index (χ1n) is 12.4. The van der Waals surface area contributed by atoms with Crippen molar-refractivity contribution in [1.82, 2.24) is 5.32 Å². The number of hydrogen-bond donors (Lipinski definition) is 2. The zero-order valence-corrected chi connectivity index (χ0v) is 20.6. The molecule has 0 amide bonds. The molecule has 190 valence electrons. The number of nitrogens with one attached hydrogen (secondary N) is 1. The molecule has 0 spiro atoms. The lowest BCUT2D eigenvalue weighted by Crippen LogP contribution is -2.39. The Labute approximate surface area is 215 Å². The summed E-state index contributed by atoms with van der Waals surface area (Å²) in [5.74, 6) is -0.724. The zero-order chi connectivity index (χ0) is 25.8. The van der Waals surface area contributed by atoms with Gasteiger partial charge < -0.3 is 24.8 Å². The number of aliphatic carboxylic acids is 1. The Morgan fingerprint density at radius 1 is 1.11 bits per heavy atom. The number of carboxylic acid groups (broad SMARTS) is 1. The average molecular weight is 501 g/mol. The van der Waals surface area contributed by atoms with E-state index in [9.17, 15) is 9.18 Å². The highest BCUT2D eigenvalue weighted by Gasteiger charge is 2.27. The maximum absolute atomic E-state index is 14.4. The van der Waals surface area contributed by atoms with Gasteiger partial charge in [-0.25, -0.2) is 9.18 Å². The molecule has 37 heavy (non-hydrogen) atoms. The number of anilines is 2. The average Bonchev–Trinajstić information content (AvgIpc) is 2.90. The summed E-state index contributed by atoms with van der Waals surface area (Å²) in [7, 11) is 0. The van der Waals surface area contributed by atoms with Gasteiger partial charge in [0.2, 0.25) is 0 Å². The zero-order valence-electron chi connectivity index (χ0n) is 20.6. The molecular formula is C30H29FN2O4. The summed E-state index contributed by atoms with van der Waals surface area (Å²) in [4.78, 5) is 12.9. The Bertz CT molecular complexity index is 1400. The van der Waals surface area contributed by atoms with Crippen molar-refractivity contribution in [2.45, 2.75) is 25.5 Å². The Kier molecular flexibility index (Phi) is 7.23. The van der Waals surface area contributed by atoms with E-state index < -0.39 is 18.4 Å². The van der Waals surface area contributed by atoms with E-state index in [2.05, 4.69) is 48.6 Å². The van der Waals surface area contributed by atoms with Crippen molar-refractivity contribution in [3.05, 3.63) is 96.3 Å². The second-order valence-electron chi connectivity index (χ2n) is 9.18. The van der Waals surface area contributed by atoms with Crippen LogP contribution < -0.4 is 19.7 Å². The predicted molar refractivity (Wildman–Crippen MR) is 142 cm³/mol. The van der Waals surface area contributed by atoms with Crippen molar-refractivity contribution in [2.24, 2.45) is 0 Å². The molecule has 1 aliphatic heterocycles. The quantitative estimate of drug-likeness (QED) is 0.290. The van der Waals surface area contributed by atoms with Crippen LogP contribution in [-0.2, 0) is 4.79 Å². The molecule has 1 aliphatic rings. The van der Waals surface area contributed by atoms with Gasteiger partial charge in [0, 0.05) is 23.9 Å². The molecule has 5 rings (SSSR count). The van der Waals surface area contributed by atoms with E-state index in [-0.39, 0.29) is 17.9 Å². The lowest BCUT2D eigenvalue weighted by molar-refractivity contribution is -0.139. The third-order valence-corrected chi connectivity index (χ3v) is 6.57. The van der Waals surface area contributed by atoms with Gasteiger partial charge in [0.05, 0.1) is 12.2 Å². The molecule has 1 heterocycles. The van der Waals surface area contributed by atoms with Crippen molar-refractivity contribution in [3.8, 4) is 11.5 Å². The number of ether oxygens (including phenoxy) is 2. The van der Waals surface area contributed by atoms with E-state index in [4.69, 9.17) is 14.6 Å². The van der Waals surface area contributed by atoms with Crippen LogP contribution in [0.1, 0.15) is 24.9 Å². The fourth-order valence-electron chi connectivity index (χ4n) is 4.82. The fraction of sp³-hybridized carbons (Fsp3) is 0.233. The Morgan fingerprint density at radius 2 is 1.89 bits per heavy atom. The summed E-state index contributed by atoms with van der Waals surface area (Å²) >= 11 is 0. The largest absolute Gasteiger partial charge is 0.486 e. The van der Waals surface area contributed by atoms with Gasteiger partial charge in [0.25, 0.3) is 0 Å². The number of rotatable bonds is 9. The molecule has 0 saturated heterocycles. The van der Waals surface area contributed by atoms with Gasteiger partial charge in [-0.2, -0.15) is 0 Å². The minimum Gasteiger partial charge on any atom is -0.486 e. The highest BCUT2D eigenvalue weighted by atomic mass is 19.1. The highest BCUT2D eigenvalue weighted by Crippen LogP contribution is 2.39.